The van der Waals surface area contributed by atoms with Gasteiger partial charge >= 0.3 is 16.1 Å². The molecule has 0 aliphatic heterocycles. The summed E-state index contributed by atoms with van der Waals surface area (Å²) < 4.78 is 34.6. The molecule has 2 rings (SSSR count). The van der Waals surface area contributed by atoms with E-state index in [1.165, 1.54) is 25.3 Å². The van der Waals surface area contributed by atoms with E-state index in [2.05, 4.69) is 4.74 Å². The molecule has 0 spiro atoms. The number of halogens is 1. The maximum absolute atomic E-state index is 12.4. The van der Waals surface area contributed by atoms with Crippen LogP contribution in [0.25, 0.3) is 0 Å². The minimum Gasteiger partial charge on any atom is -0.465 e. The Bertz CT molecular complexity index is 859. The standard InChI is InChI=1S/C16H15ClO5S/c1-10-5-4-6-14(11(10)2)22-23(19,20)15-8-7-12(9-13(15)17)16(18)21-3/h4-9H,1-3H3. The Balaban J connectivity index is 2.40. The number of carbonyl (C=O) groups excluding carboxylic acids is 1. The van der Waals surface area contributed by atoms with Crippen LogP contribution in [0.4, 0.5) is 0 Å². The van der Waals surface area contributed by atoms with E-state index >= 15 is 0 Å². The molecule has 0 aliphatic rings. The van der Waals surface area contributed by atoms with Gasteiger partial charge in [0.1, 0.15) is 10.6 Å². The third-order valence-corrected chi connectivity index (χ3v) is 5.10. The Morgan fingerprint density at radius 3 is 2.43 bits per heavy atom. The van der Waals surface area contributed by atoms with Crippen LogP contribution < -0.4 is 4.18 Å². The fraction of sp³-hybridized carbons (Fsp3) is 0.188. The Kier molecular flexibility index (Phi) is 4.97. The van der Waals surface area contributed by atoms with E-state index < -0.39 is 16.1 Å². The summed E-state index contributed by atoms with van der Waals surface area (Å²) in [4.78, 5) is 11.2. The third-order valence-electron chi connectivity index (χ3n) is 3.38. The molecule has 0 atom stereocenters. The molecule has 0 heterocycles. The maximum atomic E-state index is 12.4. The molecule has 0 radical (unpaired) electrons. The number of methoxy groups -OCH3 is 1. The fourth-order valence-electron chi connectivity index (χ4n) is 1.93. The maximum Gasteiger partial charge on any atom is 0.340 e. The highest BCUT2D eigenvalue weighted by Crippen LogP contribution is 2.28. The molecule has 0 aliphatic carbocycles. The van der Waals surface area contributed by atoms with Crippen LogP contribution in [-0.2, 0) is 14.9 Å². The minimum atomic E-state index is -4.12. The van der Waals surface area contributed by atoms with E-state index in [0.717, 1.165) is 11.1 Å². The van der Waals surface area contributed by atoms with Gasteiger partial charge in [-0.25, -0.2) is 4.79 Å². The normalized spacial score (nSPS) is 11.1. The van der Waals surface area contributed by atoms with Crippen molar-refractivity contribution in [3.8, 4) is 5.75 Å². The van der Waals surface area contributed by atoms with Crippen molar-refractivity contribution < 1.29 is 22.1 Å². The summed E-state index contributed by atoms with van der Waals surface area (Å²) in [5, 5.41) is -0.113. The summed E-state index contributed by atoms with van der Waals surface area (Å²) in [6, 6.07) is 8.89. The highest BCUT2D eigenvalue weighted by molar-refractivity contribution is 7.87. The van der Waals surface area contributed by atoms with Gasteiger partial charge in [-0.2, -0.15) is 8.42 Å². The summed E-state index contributed by atoms with van der Waals surface area (Å²) in [6.45, 7) is 3.62. The van der Waals surface area contributed by atoms with Gasteiger partial charge in [-0.05, 0) is 49.2 Å². The van der Waals surface area contributed by atoms with Crippen LogP contribution in [0.2, 0.25) is 5.02 Å². The first kappa shape index (κ1) is 17.3. The molecule has 0 saturated heterocycles. The highest BCUT2D eigenvalue weighted by Gasteiger charge is 2.22. The van der Waals surface area contributed by atoms with Gasteiger partial charge in [0.15, 0.2) is 0 Å². The van der Waals surface area contributed by atoms with Crippen LogP contribution in [0.3, 0.4) is 0 Å². The molecule has 0 fully saturated rings. The smallest absolute Gasteiger partial charge is 0.340 e. The van der Waals surface area contributed by atoms with Crippen molar-refractivity contribution in [2.75, 3.05) is 7.11 Å². The van der Waals surface area contributed by atoms with E-state index in [-0.39, 0.29) is 21.2 Å². The lowest BCUT2D eigenvalue weighted by Crippen LogP contribution is -2.12. The molecule has 0 saturated carbocycles. The van der Waals surface area contributed by atoms with Crippen LogP contribution >= 0.6 is 11.6 Å². The lowest BCUT2D eigenvalue weighted by Gasteiger charge is -2.12. The van der Waals surface area contributed by atoms with Crippen molar-refractivity contribution in [1.82, 2.24) is 0 Å². The van der Waals surface area contributed by atoms with Crippen molar-refractivity contribution in [2.45, 2.75) is 18.7 Å². The fourth-order valence-corrected chi connectivity index (χ4v) is 3.43. The number of aryl methyl sites for hydroxylation is 1. The number of ether oxygens (including phenoxy) is 1. The summed E-state index contributed by atoms with van der Waals surface area (Å²) in [5.74, 6) is -0.371. The SMILES string of the molecule is COC(=O)c1ccc(S(=O)(=O)Oc2cccc(C)c2C)c(Cl)c1. The summed E-state index contributed by atoms with van der Waals surface area (Å²) >= 11 is 5.99. The monoisotopic (exact) mass is 354 g/mol. The van der Waals surface area contributed by atoms with Crippen molar-refractivity contribution in [3.63, 3.8) is 0 Å². The number of hydrogen-bond acceptors (Lipinski definition) is 5. The Hall–Kier alpha value is -2.05. The summed E-state index contributed by atoms with van der Waals surface area (Å²) in [6.07, 6.45) is 0. The third kappa shape index (κ3) is 3.65. The molecule has 7 heteroatoms. The number of esters is 1. The number of hydrogen-bond donors (Lipinski definition) is 0. The van der Waals surface area contributed by atoms with Crippen LogP contribution in [0, 0.1) is 13.8 Å². The minimum absolute atomic E-state index is 0.113. The molecular formula is C16H15ClO5S. The zero-order valence-corrected chi connectivity index (χ0v) is 14.4. The van der Waals surface area contributed by atoms with Crippen molar-refractivity contribution in [3.05, 3.63) is 58.1 Å². The molecule has 23 heavy (non-hydrogen) atoms. The quantitative estimate of drug-likeness (QED) is 0.620. The van der Waals surface area contributed by atoms with Crippen molar-refractivity contribution in [1.29, 1.82) is 0 Å². The Morgan fingerprint density at radius 2 is 1.83 bits per heavy atom. The van der Waals surface area contributed by atoms with Gasteiger partial charge in [0.2, 0.25) is 0 Å². The van der Waals surface area contributed by atoms with E-state index in [1.54, 1.807) is 19.1 Å². The molecule has 0 amide bonds. The molecule has 0 unspecified atom stereocenters. The lowest BCUT2D eigenvalue weighted by molar-refractivity contribution is 0.0600. The van der Waals surface area contributed by atoms with E-state index in [9.17, 15) is 13.2 Å². The first-order chi connectivity index (χ1) is 10.8. The van der Waals surface area contributed by atoms with Gasteiger partial charge in [0, 0.05) is 0 Å². The molecule has 0 aromatic heterocycles. The molecule has 0 N–H and O–H groups in total. The predicted molar refractivity (Wildman–Crippen MR) is 86.5 cm³/mol. The Morgan fingerprint density at radius 1 is 1.13 bits per heavy atom. The van der Waals surface area contributed by atoms with Gasteiger partial charge in [-0.1, -0.05) is 23.7 Å². The number of carbonyl (C=O) groups is 1. The molecule has 122 valence electrons. The highest BCUT2D eigenvalue weighted by atomic mass is 35.5. The Labute approximate surface area is 139 Å². The molecule has 0 bridgehead atoms. The average Bonchev–Trinajstić information content (AvgIpc) is 2.50. The van der Waals surface area contributed by atoms with Crippen molar-refractivity contribution >= 4 is 27.7 Å². The first-order valence-electron chi connectivity index (χ1n) is 6.65. The summed E-state index contributed by atoms with van der Waals surface area (Å²) in [5.41, 5.74) is 1.78. The van der Waals surface area contributed by atoms with Gasteiger partial charge in [0.25, 0.3) is 0 Å². The van der Waals surface area contributed by atoms with Crippen LogP contribution in [0.15, 0.2) is 41.3 Å². The summed E-state index contributed by atoms with van der Waals surface area (Å²) in [7, 11) is -2.89. The van der Waals surface area contributed by atoms with Gasteiger partial charge in [0.05, 0.1) is 17.7 Å². The van der Waals surface area contributed by atoms with E-state index in [0.29, 0.717) is 0 Å². The average molecular weight is 355 g/mol. The van der Waals surface area contributed by atoms with Gasteiger partial charge in [-0.3, -0.25) is 0 Å². The number of rotatable bonds is 4. The molecular weight excluding hydrogens is 340 g/mol. The molecule has 5 nitrogen and oxygen atoms in total. The lowest BCUT2D eigenvalue weighted by atomic mass is 10.1. The number of benzene rings is 2. The zero-order valence-electron chi connectivity index (χ0n) is 12.8. The molecule has 2 aromatic carbocycles. The van der Waals surface area contributed by atoms with E-state index in [1.807, 2.05) is 13.0 Å². The van der Waals surface area contributed by atoms with Crippen LogP contribution in [0.5, 0.6) is 5.75 Å². The predicted octanol–water partition coefficient (Wildman–Crippen LogP) is 3.51. The zero-order chi connectivity index (χ0) is 17.2. The van der Waals surface area contributed by atoms with Crippen LogP contribution in [-0.4, -0.2) is 21.5 Å². The second-order valence-corrected chi connectivity index (χ2v) is 6.79. The van der Waals surface area contributed by atoms with Crippen LogP contribution in [0.1, 0.15) is 21.5 Å². The largest absolute Gasteiger partial charge is 0.465 e. The van der Waals surface area contributed by atoms with Gasteiger partial charge < -0.3 is 8.92 Å². The second kappa shape index (κ2) is 6.60. The van der Waals surface area contributed by atoms with Crippen molar-refractivity contribution in [2.24, 2.45) is 0 Å². The van der Waals surface area contributed by atoms with E-state index in [4.69, 9.17) is 15.8 Å². The first-order valence-corrected chi connectivity index (χ1v) is 8.43. The topological polar surface area (TPSA) is 69.7 Å². The second-order valence-electron chi connectivity index (χ2n) is 4.87. The van der Waals surface area contributed by atoms with Gasteiger partial charge in [-0.15, -0.1) is 0 Å². The molecule has 2 aromatic rings.